The lowest BCUT2D eigenvalue weighted by Gasteiger charge is -2.26. The fourth-order valence-electron chi connectivity index (χ4n) is 3.10. The van der Waals surface area contributed by atoms with Crippen molar-refractivity contribution in [1.82, 2.24) is 25.0 Å². The van der Waals surface area contributed by atoms with Crippen molar-refractivity contribution in [3.05, 3.63) is 48.7 Å². The van der Waals surface area contributed by atoms with Crippen molar-refractivity contribution in [1.29, 1.82) is 0 Å². The Morgan fingerprint density at radius 2 is 1.93 bits per heavy atom. The van der Waals surface area contributed by atoms with E-state index in [1.165, 1.54) is 11.8 Å². The minimum atomic E-state index is -0.0228. The first-order valence-corrected chi connectivity index (χ1v) is 10.5. The lowest BCUT2D eigenvalue weighted by molar-refractivity contribution is -0.118. The number of aromatic nitrogens is 3. The van der Waals surface area contributed by atoms with Crippen LogP contribution in [0.3, 0.4) is 0 Å². The Balaban J connectivity index is 1.39. The highest BCUT2D eigenvalue weighted by Crippen LogP contribution is 2.27. The first-order valence-electron chi connectivity index (χ1n) is 9.55. The van der Waals surface area contributed by atoms with Gasteiger partial charge in [0.2, 0.25) is 11.7 Å². The van der Waals surface area contributed by atoms with Gasteiger partial charge in [-0.3, -0.25) is 14.3 Å². The average molecular weight is 414 g/mol. The van der Waals surface area contributed by atoms with Gasteiger partial charge in [0, 0.05) is 31.9 Å². The molecule has 1 aromatic carbocycles. The third kappa shape index (κ3) is 5.06. The van der Waals surface area contributed by atoms with Crippen molar-refractivity contribution in [2.24, 2.45) is 0 Å². The molecule has 1 amide bonds. The van der Waals surface area contributed by atoms with E-state index in [9.17, 15) is 4.79 Å². The van der Waals surface area contributed by atoms with E-state index >= 15 is 0 Å². The maximum absolute atomic E-state index is 12.3. The summed E-state index contributed by atoms with van der Waals surface area (Å²) in [5.74, 6) is 1.48. The third-order valence-electron chi connectivity index (χ3n) is 4.58. The number of hydrogen-bond acceptors (Lipinski definition) is 7. The zero-order valence-electron chi connectivity index (χ0n) is 16.0. The zero-order chi connectivity index (χ0) is 19.9. The van der Waals surface area contributed by atoms with Crippen molar-refractivity contribution < 1.29 is 13.9 Å². The molecule has 2 aromatic heterocycles. The molecular formula is C20H23N5O3S. The molecule has 1 saturated heterocycles. The van der Waals surface area contributed by atoms with Crippen LogP contribution in [0.15, 0.2) is 58.3 Å². The monoisotopic (exact) mass is 413 g/mol. The van der Waals surface area contributed by atoms with Gasteiger partial charge < -0.3 is 14.5 Å². The SMILES string of the molecule is O=C(CSc1nnc(-c2ccco2)n1-c1ccccc1)NCCN1CCOCC1. The number of benzene rings is 1. The Labute approximate surface area is 173 Å². The lowest BCUT2D eigenvalue weighted by atomic mass is 10.3. The molecule has 0 spiro atoms. The van der Waals surface area contributed by atoms with E-state index in [0.717, 1.165) is 38.5 Å². The van der Waals surface area contributed by atoms with Crippen LogP contribution in [0.25, 0.3) is 17.3 Å². The van der Waals surface area contributed by atoms with Crippen LogP contribution in [0.5, 0.6) is 0 Å². The second-order valence-electron chi connectivity index (χ2n) is 6.55. The standard InChI is InChI=1S/C20H23N5O3S/c26-18(21-8-9-24-10-13-27-14-11-24)15-29-20-23-22-19(17-7-4-12-28-17)25(20)16-5-2-1-3-6-16/h1-7,12H,8-11,13-15H2,(H,21,26). The van der Waals surface area contributed by atoms with Crippen molar-refractivity contribution >= 4 is 17.7 Å². The number of morpholine rings is 1. The highest BCUT2D eigenvalue weighted by Gasteiger charge is 2.19. The van der Waals surface area contributed by atoms with Crippen molar-refractivity contribution in [2.75, 3.05) is 45.1 Å². The number of furan rings is 1. The molecule has 3 aromatic rings. The Hall–Kier alpha value is -2.62. The second-order valence-corrected chi connectivity index (χ2v) is 7.49. The van der Waals surface area contributed by atoms with E-state index in [4.69, 9.17) is 9.15 Å². The quantitative estimate of drug-likeness (QED) is 0.566. The molecule has 9 heteroatoms. The maximum Gasteiger partial charge on any atom is 0.230 e. The molecule has 0 atom stereocenters. The number of nitrogens with zero attached hydrogens (tertiary/aromatic N) is 4. The van der Waals surface area contributed by atoms with E-state index in [2.05, 4.69) is 20.4 Å². The van der Waals surface area contributed by atoms with Gasteiger partial charge in [-0.15, -0.1) is 10.2 Å². The molecule has 1 aliphatic heterocycles. The number of hydrogen-bond donors (Lipinski definition) is 1. The van der Waals surface area contributed by atoms with Crippen LogP contribution in [0.4, 0.5) is 0 Å². The normalized spacial score (nSPS) is 14.8. The van der Waals surface area contributed by atoms with E-state index in [1.807, 2.05) is 47.0 Å². The Bertz CT molecular complexity index is 908. The third-order valence-corrected chi connectivity index (χ3v) is 5.50. The number of para-hydroxylation sites is 1. The minimum Gasteiger partial charge on any atom is -0.461 e. The lowest BCUT2D eigenvalue weighted by Crippen LogP contribution is -2.41. The first-order chi connectivity index (χ1) is 14.3. The van der Waals surface area contributed by atoms with Crippen molar-refractivity contribution in [3.63, 3.8) is 0 Å². The summed E-state index contributed by atoms with van der Waals surface area (Å²) in [7, 11) is 0. The summed E-state index contributed by atoms with van der Waals surface area (Å²) in [4.78, 5) is 14.6. The number of ether oxygens (including phenoxy) is 1. The average Bonchev–Trinajstić information content (AvgIpc) is 3.43. The predicted molar refractivity (Wildman–Crippen MR) is 110 cm³/mol. The molecule has 29 heavy (non-hydrogen) atoms. The van der Waals surface area contributed by atoms with Crippen LogP contribution >= 0.6 is 11.8 Å². The topological polar surface area (TPSA) is 85.4 Å². The molecule has 0 saturated carbocycles. The van der Waals surface area contributed by atoms with Crippen LogP contribution in [0.2, 0.25) is 0 Å². The Morgan fingerprint density at radius 3 is 2.69 bits per heavy atom. The smallest absolute Gasteiger partial charge is 0.230 e. The van der Waals surface area contributed by atoms with Gasteiger partial charge >= 0.3 is 0 Å². The van der Waals surface area contributed by atoms with Gasteiger partial charge in [-0.1, -0.05) is 30.0 Å². The summed E-state index contributed by atoms with van der Waals surface area (Å²) in [6.45, 7) is 4.82. The van der Waals surface area contributed by atoms with Crippen LogP contribution in [-0.4, -0.2) is 70.7 Å². The molecule has 8 nitrogen and oxygen atoms in total. The van der Waals surface area contributed by atoms with Crippen molar-refractivity contribution in [2.45, 2.75) is 5.16 Å². The minimum absolute atomic E-state index is 0.0228. The van der Waals surface area contributed by atoms with Gasteiger partial charge in [0.15, 0.2) is 10.9 Å². The summed E-state index contributed by atoms with van der Waals surface area (Å²) in [5, 5.41) is 12.2. The van der Waals surface area contributed by atoms with Gasteiger partial charge in [0.25, 0.3) is 0 Å². The van der Waals surface area contributed by atoms with Crippen LogP contribution in [-0.2, 0) is 9.53 Å². The Kier molecular flexibility index (Phi) is 6.60. The number of carbonyl (C=O) groups excluding carboxylic acids is 1. The number of nitrogens with one attached hydrogen (secondary N) is 1. The number of carbonyl (C=O) groups is 1. The maximum atomic E-state index is 12.3. The molecule has 0 radical (unpaired) electrons. The van der Waals surface area contributed by atoms with Gasteiger partial charge in [-0.2, -0.15) is 0 Å². The van der Waals surface area contributed by atoms with Gasteiger partial charge in [-0.05, 0) is 24.3 Å². The van der Waals surface area contributed by atoms with E-state index < -0.39 is 0 Å². The van der Waals surface area contributed by atoms with E-state index in [-0.39, 0.29) is 11.7 Å². The highest BCUT2D eigenvalue weighted by atomic mass is 32.2. The molecular weight excluding hydrogens is 390 g/mol. The molecule has 4 rings (SSSR count). The molecule has 0 aliphatic carbocycles. The highest BCUT2D eigenvalue weighted by molar-refractivity contribution is 7.99. The van der Waals surface area contributed by atoms with Crippen LogP contribution in [0.1, 0.15) is 0 Å². The molecule has 0 unspecified atom stereocenters. The molecule has 0 bridgehead atoms. The second kappa shape index (κ2) is 9.73. The summed E-state index contributed by atoms with van der Waals surface area (Å²) in [6.07, 6.45) is 1.61. The van der Waals surface area contributed by atoms with Gasteiger partial charge in [0.1, 0.15) is 0 Å². The fraction of sp³-hybridized carbons (Fsp3) is 0.350. The molecule has 1 aliphatic rings. The first kappa shape index (κ1) is 19.7. The fourth-order valence-corrected chi connectivity index (χ4v) is 3.88. The van der Waals surface area contributed by atoms with E-state index in [1.54, 1.807) is 6.26 Å². The van der Waals surface area contributed by atoms with Crippen molar-refractivity contribution in [3.8, 4) is 17.3 Å². The number of amides is 1. The largest absolute Gasteiger partial charge is 0.461 e. The number of rotatable bonds is 8. The Morgan fingerprint density at radius 1 is 1.10 bits per heavy atom. The van der Waals surface area contributed by atoms with Gasteiger partial charge in [-0.25, -0.2) is 0 Å². The molecule has 152 valence electrons. The molecule has 3 heterocycles. The summed E-state index contributed by atoms with van der Waals surface area (Å²) in [5.41, 5.74) is 0.916. The molecule has 1 N–H and O–H groups in total. The molecule has 1 fully saturated rings. The summed E-state index contributed by atoms with van der Waals surface area (Å²) < 4.78 is 12.8. The summed E-state index contributed by atoms with van der Waals surface area (Å²) in [6, 6.07) is 13.5. The van der Waals surface area contributed by atoms with E-state index in [0.29, 0.717) is 23.3 Å². The predicted octanol–water partition coefficient (Wildman–Crippen LogP) is 2.07. The summed E-state index contributed by atoms with van der Waals surface area (Å²) >= 11 is 1.36. The number of thioether (sulfide) groups is 1. The van der Waals surface area contributed by atoms with Gasteiger partial charge in [0.05, 0.1) is 25.2 Å². The van der Waals surface area contributed by atoms with Crippen LogP contribution < -0.4 is 5.32 Å². The van der Waals surface area contributed by atoms with Crippen LogP contribution in [0, 0.1) is 0 Å². The zero-order valence-corrected chi connectivity index (χ0v) is 16.8.